The third kappa shape index (κ3) is 4.37. The molecule has 18 heavy (non-hydrogen) atoms. The fourth-order valence-electron chi connectivity index (χ4n) is 1.54. The van der Waals surface area contributed by atoms with Crippen molar-refractivity contribution < 1.29 is 18.3 Å². The third-order valence-corrected chi connectivity index (χ3v) is 3.83. The molecule has 0 spiro atoms. The molecule has 5 nitrogen and oxygen atoms in total. The summed E-state index contributed by atoms with van der Waals surface area (Å²) >= 11 is 0. The summed E-state index contributed by atoms with van der Waals surface area (Å²) < 4.78 is 24.0. The van der Waals surface area contributed by atoms with Gasteiger partial charge in [-0.15, -0.1) is 0 Å². The van der Waals surface area contributed by atoms with Crippen LogP contribution in [0.5, 0.6) is 0 Å². The van der Waals surface area contributed by atoms with Crippen LogP contribution in [0.15, 0.2) is 24.3 Å². The molecule has 100 valence electrons. The van der Waals surface area contributed by atoms with Crippen LogP contribution in [0.1, 0.15) is 18.4 Å². The Morgan fingerprint density at radius 2 is 2.06 bits per heavy atom. The average molecular weight is 271 g/mol. The van der Waals surface area contributed by atoms with Crippen molar-refractivity contribution in [2.75, 3.05) is 17.6 Å². The molecule has 1 aromatic rings. The summed E-state index contributed by atoms with van der Waals surface area (Å²) in [4.78, 5) is 10.4. The second kappa shape index (κ2) is 5.86. The van der Waals surface area contributed by atoms with Gasteiger partial charge in [-0.3, -0.25) is 9.10 Å². The Bertz CT molecular complexity index is 525. The molecule has 0 heterocycles. The van der Waals surface area contributed by atoms with E-state index in [4.69, 9.17) is 5.11 Å². The molecular formula is C12H17NO4S. The minimum atomic E-state index is -3.27. The zero-order valence-corrected chi connectivity index (χ0v) is 11.3. The molecule has 1 N–H and O–H groups in total. The number of hydrogen-bond acceptors (Lipinski definition) is 3. The number of aliphatic carboxylic acids is 1. The van der Waals surface area contributed by atoms with Crippen LogP contribution >= 0.6 is 0 Å². The van der Waals surface area contributed by atoms with Crippen molar-refractivity contribution in [1.29, 1.82) is 0 Å². The van der Waals surface area contributed by atoms with Gasteiger partial charge in [0.25, 0.3) is 0 Å². The number of nitrogens with zero attached hydrogens (tertiary/aromatic N) is 1. The number of carboxylic acid groups (broad SMARTS) is 1. The van der Waals surface area contributed by atoms with E-state index in [2.05, 4.69) is 0 Å². The molecule has 1 aromatic carbocycles. The van der Waals surface area contributed by atoms with Gasteiger partial charge in [-0.05, 0) is 30.5 Å². The zero-order valence-electron chi connectivity index (χ0n) is 10.5. The second-order valence-corrected chi connectivity index (χ2v) is 6.16. The maximum atomic E-state index is 11.4. The summed E-state index contributed by atoms with van der Waals surface area (Å²) in [5.41, 5.74) is 1.52. The molecule has 0 unspecified atom stereocenters. The van der Waals surface area contributed by atoms with E-state index in [1.54, 1.807) is 18.2 Å². The Morgan fingerprint density at radius 1 is 1.39 bits per heavy atom. The van der Waals surface area contributed by atoms with Crippen LogP contribution in [-0.4, -0.2) is 32.8 Å². The predicted octanol–water partition coefficient (Wildman–Crippen LogP) is 1.49. The van der Waals surface area contributed by atoms with Crippen LogP contribution < -0.4 is 4.31 Å². The van der Waals surface area contributed by atoms with E-state index in [0.717, 1.165) is 11.8 Å². The predicted molar refractivity (Wildman–Crippen MR) is 70.3 cm³/mol. The maximum Gasteiger partial charge on any atom is 0.303 e. The van der Waals surface area contributed by atoms with Gasteiger partial charge < -0.3 is 5.11 Å². The van der Waals surface area contributed by atoms with Gasteiger partial charge in [0.1, 0.15) is 0 Å². The first kappa shape index (κ1) is 14.5. The van der Waals surface area contributed by atoms with E-state index in [1.807, 2.05) is 6.07 Å². The average Bonchev–Trinajstić information content (AvgIpc) is 2.26. The maximum absolute atomic E-state index is 11.4. The van der Waals surface area contributed by atoms with Crippen LogP contribution in [-0.2, 0) is 21.2 Å². The first-order chi connectivity index (χ1) is 8.30. The van der Waals surface area contributed by atoms with Crippen molar-refractivity contribution in [2.45, 2.75) is 19.3 Å². The van der Waals surface area contributed by atoms with Crippen molar-refractivity contribution in [3.05, 3.63) is 29.8 Å². The number of rotatable bonds is 6. The smallest absolute Gasteiger partial charge is 0.303 e. The van der Waals surface area contributed by atoms with Gasteiger partial charge in [-0.1, -0.05) is 12.1 Å². The Balaban J connectivity index is 2.77. The van der Waals surface area contributed by atoms with Crippen LogP contribution in [0.3, 0.4) is 0 Å². The van der Waals surface area contributed by atoms with Gasteiger partial charge in [0.15, 0.2) is 0 Å². The van der Waals surface area contributed by atoms with E-state index in [1.165, 1.54) is 11.4 Å². The number of carbonyl (C=O) groups is 1. The number of aryl methyl sites for hydroxylation is 1. The van der Waals surface area contributed by atoms with Gasteiger partial charge in [-0.2, -0.15) is 0 Å². The summed E-state index contributed by atoms with van der Waals surface area (Å²) in [6.45, 7) is 0. The fraction of sp³-hybridized carbons (Fsp3) is 0.417. The fourth-order valence-corrected chi connectivity index (χ4v) is 2.04. The Labute approximate surface area is 107 Å². The lowest BCUT2D eigenvalue weighted by Gasteiger charge is -2.17. The summed E-state index contributed by atoms with van der Waals surface area (Å²) in [6, 6.07) is 7.11. The minimum absolute atomic E-state index is 0.117. The molecule has 0 aliphatic carbocycles. The van der Waals surface area contributed by atoms with Gasteiger partial charge in [0.05, 0.1) is 11.9 Å². The summed E-state index contributed by atoms with van der Waals surface area (Å²) in [5, 5.41) is 8.55. The van der Waals surface area contributed by atoms with E-state index in [-0.39, 0.29) is 6.42 Å². The van der Waals surface area contributed by atoms with Gasteiger partial charge in [0, 0.05) is 13.5 Å². The molecule has 0 amide bonds. The minimum Gasteiger partial charge on any atom is -0.481 e. The molecular weight excluding hydrogens is 254 g/mol. The molecule has 1 rings (SSSR count). The molecule has 6 heteroatoms. The Hall–Kier alpha value is -1.56. The summed E-state index contributed by atoms with van der Waals surface area (Å²) in [5.74, 6) is -0.820. The van der Waals surface area contributed by atoms with Gasteiger partial charge in [0.2, 0.25) is 10.0 Å². The Morgan fingerprint density at radius 3 is 2.61 bits per heavy atom. The summed E-state index contributed by atoms with van der Waals surface area (Å²) in [6.07, 6.45) is 2.43. The highest BCUT2D eigenvalue weighted by Crippen LogP contribution is 2.18. The molecule has 0 saturated carbocycles. The largest absolute Gasteiger partial charge is 0.481 e. The number of benzene rings is 1. The van der Waals surface area contributed by atoms with Crippen molar-refractivity contribution in [1.82, 2.24) is 0 Å². The molecule has 0 aromatic heterocycles. The lowest BCUT2D eigenvalue weighted by molar-refractivity contribution is -0.137. The zero-order chi connectivity index (χ0) is 13.8. The molecule has 0 fully saturated rings. The third-order valence-electron chi connectivity index (χ3n) is 2.63. The van der Waals surface area contributed by atoms with Crippen LogP contribution in [0, 0.1) is 0 Å². The molecule has 0 saturated heterocycles. The number of carboxylic acids is 1. The molecule has 0 aliphatic heterocycles. The number of sulfonamides is 1. The lowest BCUT2D eigenvalue weighted by Crippen LogP contribution is -2.24. The number of hydrogen-bond donors (Lipinski definition) is 1. The van der Waals surface area contributed by atoms with Gasteiger partial charge in [-0.25, -0.2) is 8.42 Å². The standard InChI is InChI=1S/C12H17NO4S/c1-13(18(2,16)17)11-7-3-5-10(9-11)6-4-8-12(14)15/h3,5,7,9H,4,6,8H2,1-2H3,(H,14,15). The quantitative estimate of drug-likeness (QED) is 0.850. The molecule has 0 atom stereocenters. The topological polar surface area (TPSA) is 74.7 Å². The SMILES string of the molecule is CN(c1cccc(CCCC(=O)O)c1)S(C)(=O)=O. The van der Waals surface area contributed by atoms with Crippen LogP contribution in [0.25, 0.3) is 0 Å². The highest BCUT2D eigenvalue weighted by Gasteiger charge is 2.11. The van der Waals surface area contributed by atoms with E-state index in [0.29, 0.717) is 18.5 Å². The van der Waals surface area contributed by atoms with Crippen molar-refractivity contribution in [3.8, 4) is 0 Å². The van der Waals surface area contributed by atoms with E-state index < -0.39 is 16.0 Å². The van der Waals surface area contributed by atoms with Crippen LogP contribution in [0.4, 0.5) is 5.69 Å². The Kier molecular flexibility index (Phi) is 4.72. The highest BCUT2D eigenvalue weighted by molar-refractivity contribution is 7.92. The normalized spacial score (nSPS) is 11.2. The van der Waals surface area contributed by atoms with Crippen molar-refractivity contribution >= 4 is 21.7 Å². The molecule has 0 aliphatic rings. The summed E-state index contributed by atoms with van der Waals surface area (Å²) in [7, 11) is -1.78. The van der Waals surface area contributed by atoms with Crippen molar-refractivity contribution in [2.24, 2.45) is 0 Å². The van der Waals surface area contributed by atoms with Gasteiger partial charge >= 0.3 is 5.97 Å². The lowest BCUT2D eigenvalue weighted by atomic mass is 10.1. The number of anilines is 1. The monoisotopic (exact) mass is 271 g/mol. The molecule has 0 radical (unpaired) electrons. The van der Waals surface area contributed by atoms with E-state index >= 15 is 0 Å². The highest BCUT2D eigenvalue weighted by atomic mass is 32.2. The van der Waals surface area contributed by atoms with Crippen molar-refractivity contribution in [3.63, 3.8) is 0 Å². The van der Waals surface area contributed by atoms with E-state index in [9.17, 15) is 13.2 Å². The van der Waals surface area contributed by atoms with Crippen LogP contribution in [0.2, 0.25) is 0 Å². The second-order valence-electron chi connectivity index (χ2n) is 4.15. The first-order valence-corrected chi connectivity index (χ1v) is 7.40. The first-order valence-electron chi connectivity index (χ1n) is 5.55. The molecule has 0 bridgehead atoms.